The maximum absolute atomic E-state index is 12.4. The predicted octanol–water partition coefficient (Wildman–Crippen LogP) is -0.320. The topological polar surface area (TPSA) is 115 Å². The van der Waals surface area contributed by atoms with E-state index in [-0.39, 0.29) is 24.1 Å². The summed E-state index contributed by atoms with van der Waals surface area (Å²) in [6.45, 7) is 3.80. The molecular formula is C13H16N6O4. The van der Waals surface area contributed by atoms with Crippen molar-refractivity contribution in [2.75, 3.05) is 20.2 Å². The first kappa shape index (κ1) is 15.0. The molecular weight excluding hydrogens is 304 g/mol. The maximum atomic E-state index is 12.4. The third-order valence-electron chi connectivity index (χ3n) is 3.60. The SMILES string of the molecule is CCN1CCn2nnc(CNC(=O)c3cc(OC)no3)c2C1=O. The highest BCUT2D eigenvalue weighted by Gasteiger charge is 2.29. The quantitative estimate of drug-likeness (QED) is 0.802. The zero-order valence-electron chi connectivity index (χ0n) is 12.8. The first-order valence-corrected chi connectivity index (χ1v) is 7.14. The van der Waals surface area contributed by atoms with Crippen molar-refractivity contribution in [3.8, 4) is 5.88 Å². The van der Waals surface area contributed by atoms with E-state index in [1.165, 1.54) is 13.2 Å². The molecule has 2 aromatic heterocycles. The minimum absolute atomic E-state index is 0.0180. The summed E-state index contributed by atoms with van der Waals surface area (Å²) in [5, 5.41) is 14.1. The fraction of sp³-hybridized carbons (Fsp3) is 0.462. The number of rotatable bonds is 5. The molecule has 0 radical (unpaired) electrons. The third-order valence-corrected chi connectivity index (χ3v) is 3.60. The summed E-state index contributed by atoms with van der Waals surface area (Å²) in [6, 6.07) is 1.38. The molecule has 0 aromatic carbocycles. The number of methoxy groups -OCH3 is 1. The molecule has 23 heavy (non-hydrogen) atoms. The van der Waals surface area contributed by atoms with E-state index in [2.05, 4.69) is 20.8 Å². The highest BCUT2D eigenvalue weighted by atomic mass is 16.5. The number of likely N-dealkylation sites (N-methyl/N-ethyl adjacent to an activating group) is 1. The van der Waals surface area contributed by atoms with Gasteiger partial charge in [-0.3, -0.25) is 9.59 Å². The van der Waals surface area contributed by atoms with Crippen molar-refractivity contribution >= 4 is 11.8 Å². The van der Waals surface area contributed by atoms with E-state index in [9.17, 15) is 9.59 Å². The monoisotopic (exact) mass is 320 g/mol. The Bertz CT molecular complexity index is 737. The van der Waals surface area contributed by atoms with Crippen LogP contribution in [-0.2, 0) is 13.1 Å². The smallest absolute Gasteiger partial charge is 0.290 e. The Morgan fingerprint density at radius 2 is 2.30 bits per heavy atom. The number of nitrogens with zero attached hydrogens (tertiary/aromatic N) is 5. The Morgan fingerprint density at radius 3 is 3.00 bits per heavy atom. The predicted molar refractivity (Wildman–Crippen MR) is 75.8 cm³/mol. The largest absolute Gasteiger partial charge is 0.479 e. The molecule has 0 atom stereocenters. The van der Waals surface area contributed by atoms with Gasteiger partial charge in [-0.1, -0.05) is 5.21 Å². The van der Waals surface area contributed by atoms with Crippen molar-refractivity contribution in [2.45, 2.75) is 20.0 Å². The fourth-order valence-electron chi connectivity index (χ4n) is 2.34. The maximum Gasteiger partial charge on any atom is 0.290 e. The van der Waals surface area contributed by atoms with Crippen LogP contribution in [0.1, 0.15) is 33.7 Å². The van der Waals surface area contributed by atoms with Crippen LogP contribution in [0.4, 0.5) is 0 Å². The highest BCUT2D eigenvalue weighted by molar-refractivity contribution is 5.95. The van der Waals surface area contributed by atoms with E-state index in [1.807, 2.05) is 6.92 Å². The summed E-state index contributed by atoms with van der Waals surface area (Å²) in [4.78, 5) is 26.1. The molecule has 0 spiro atoms. The highest BCUT2D eigenvalue weighted by Crippen LogP contribution is 2.15. The number of ether oxygens (including phenoxy) is 1. The minimum atomic E-state index is -0.474. The summed E-state index contributed by atoms with van der Waals surface area (Å²) in [7, 11) is 1.42. The van der Waals surface area contributed by atoms with Crippen LogP contribution < -0.4 is 10.1 Å². The Labute approximate surface area is 131 Å². The summed E-state index contributed by atoms with van der Waals surface area (Å²) in [5.74, 6) is -0.373. The number of nitrogens with one attached hydrogen (secondary N) is 1. The van der Waals surface area contributed by atoms with Gasteiger partial charge in [0.05, 0.1) is 26.3 Å². The molecule has 0 bridgehead atoms. The molecule has 122 valence electrons. The first-order valence-electron chi connectivity index (χ1n) is 7.14. The lowest BCUT2D eigenvalue weighted by atomic mass is 10.2. The van der Waals surface area contributed by atoms with Crippen molar-refractivity contribution in [3.05, 3.63) is 23.2 Å². The number of amides is 2. The van der Waals surface area contributed by atoms with Gasteiger partial charge in [-0.05, 0) is 12.1 Å². The van der Waals surface area contributed by atoms with Gasteiger partial charge < -0.3 is 19.5 Å². The van der Waals surface area contributed by atoms with E-state index in [0.717, 1.165) is 0 Å². The van der Waals surface area contributed by atoms with Crippen molar-refractivity contribution in [1.82, 2.24) is 30.4 Å². The second-order valence-corrected chi connectivity index (χ2v) is 4.91. The van der Waals surface area contributed by atoms with Crippen LogP contribution in [0.3, 0.4) is 0 Å². The van der Waals surface area contributed by atoms with Crippen LogP contribution in [0.15, 0.2) is 10.6 Å². The normalized spacial score (nSPS) is 13.8. The molecule has 1 N–H and O–H groups in total. The average Bonchev–Trinajstić information content (AvgIpc) is 3.20. The van der Waals surface area contributed by atoms with Crippen LogP contribution >= 0.6 is 0 Å². The second kappa shape index (κ2) is 6.07. The van der Waals surface area contributed by atoms with Gasteiger partial charge in [0.15, 0.2) is 5.69 Å². The molecule has 0 unspecified atom stereocenters. The van der Waals surface area contributed by atoms with Crippen molar-refractivity contribution < 1.29 is 18.8 Å². The van der Waals surface area contributed by atoms with Crippen LogP contribution in [0.25, 0.3) is 0 Å². The lowest BCUT2D eigenvalue weighted by Crippen LogP contribution is -2.41. The molecule has 0 saturated heterocycles. The van der Waals surface area contributed by atoms with Gasteiger partial charge >= 0.3 is 0 Å². The standard InChI is InChI=1S/C13H16N6O4/c1-3-18-4-5-19-11(13(18)21)8(15-17-19)7-14-12(20)9-6-10(22-2)16-23-9/h6H,3-5,7H2,1-2H3,(H,14,20). The molecule has 1 aliphatic heterocycles. The van der Waals surface area contributed by atoms with Gasteiger partial charge in [-0.25, -0.2) is 4.68 Å². The van der Waals surface area contributed by atoms with E-state index in [0.29, 0.717) is 31.0 Å². The molecule has 0 saturated carbocycles. The van der Waals surface area contributed by atoms with E-state index >= 15 is 0 Å². The van der Waals surface area contributed by atoms with Crippen LogP contribution in [0.5, 0.6) is 5.88 Å². The summed E-state index contributed by atoms with van der Waals surface area (Å²) in [5.41, 5.74) is 0.835. The third kappa shape index (κ3) is 2.74. The molecule has 0 aliphatic carbocycles. The summed E-state index contributed by atoms with van der Waals surface area (Å²) in [6.07, 6.45) is 0. The van der Waals surface area contributed by atoms with Crippen LogP contribution in [0, 0.1) is 0 Å². The van der Waals surface area contributed by atoms with Gasteiger partial charge in [0.1, 0.15) is 5.69 Å². The first-order chi connectivity index (χ1) is 11.1. The Hall–Kier alpha value is -2.91. The average molecular weight is 320 g/mol. The van der Waals surface area contributed by atoms with Crippen LogP contribution in [-0.4, -0.2) is 57.1 Å². The molecule has 3 heterocycles. The van der Waals surface area contributed by atoms with Gasteiger partial charge in [-0.2, -0.15) is 0 Å². The number of carbonyl (C=O) groups is 2. The molecule has 1 aliphatic rings. The minimum Gasteiger partial charge on any atom is -0.479 e. The van der Waals surface area contributed by atoms with Gasteiger partial charge in [0.2, 0.25) is 5.76 Å². The van der Waals surface area contributed by atoms with Gasteiger partial charge in [-0.15, -0.1) is 5.10 Å². The number of carbonyl (C=O) groups excluding carboxylic acids is 2. The molecule has 3 rings (SSSR count). The number of fused-ring (bicyclic) bond motifs is 1. The molecule has 10 nitrogen and oxygen atoms in total. The van der Waals surface area contributed by atoms with Crippen molar-refractivity contribution in [1.29, 1.82) is 0 Å². The number of aromatic nitrogens is 4. The zero-order valence-corrected chi connectivity index (χ0v) is 12.8. The lowest BCUT2D eigenvalue weighted by Gasteiger charge is -2.26. The van der Waals surface area contributed by atoms with E-state index in [4.69, 9.17) is 9.26 Å². The van der Waals surface area contributed by atoms with Crippen molar-refractivity contribution in [2.24, 2.45) is 0 Å². The van der Waals surface area contributed by atoms with Crippen molar-refractivity contribution in [3.63, 3.8) is 0 Å². The Kier molecular flexibility index (Phi) is 3.96. The van der Waals surface area contributed by atoms with Gasteiger partial charge in [0, 0.05) is 13.1 Å². The Balaban J connectivity index is 1.71. The number of hydrogen-bond acceptors (Lipinski definition) is 7. The molecule has 0 fully saturated rings. The Morgan fingerprint density at radius 1 is 1.48 bits per heavy atom. The van der Waals surface area contributed by atoms with E-state index in [1.54, 1.807) is 9.58 Å². The van der Waals surface area contributed by atoms with Gasteiger partial charge in [0.25, 0.3) is 17.7 Å². The number of hydrogen-bond donors (Lipinski definition) is 1. The molecule has 2 aromatic rings. The summed E-state index contributed by atoms with van der Waals surface area (Å²) < 4.78 is 11.3. The fourth-order valence-corrected chi connectivity index (χ4v) is 2.34. The second-order valence-electron chi connectivity index (χ2n) is 4.91. The summed E-state index contributed by atoms with van der Waals surface area (Å²) >= 11 is 0. The molecule has 2 amide bonds. The zero-order chi connectivity index (χ0) is 16.4. The van der Waals surface area contributed by atoms with Crippen LogP contribution in [0.2, 0.25) is 0 Å². The lowest BCUT2D eigenvalue weighted by molar-refractivity contribution is 0.0705. The molecule has 10 heteroatoms. The van der Waals surface area contributed by atoms with E-state index < -0.39 is 5.91 Å².